The Balaban J connectivity index is 0.00000361. The van der Waals surface area contributed by atoms with Crippen LogP contribution in [-0.4, -0.2) is 33.7 Å². The van der Waals surface area contributed by atoms with Crippen LogP contribution in [0.1, 0.15) is 12.5 Å². The number of amides is 1. The number of rotatable bonds is 7. The number of nitrogens with one attached hydrogen (secondary N) is 3. The molecule has 0 aliphatic carbocycles. The van der Waals surface area contributed by atoms with Crippen LogP contribution in [0, 0.1) is 0 Å². The second-order valence-electron chi connectivity index (χ2n) is 3.95. The second kappa shape index (κ2) is 8.91. The normalized spacial score (nSPS) is 10.7. The summed E-state index contributed by atoms with van der Waals surface area (Å²) in [5.41, 5.74) is 1.54. The van der Waals surface area contributed by atoms with Crippen molar-refractivity contribution < 1.29 is 13.2 Å². The Kier molecular flexibility index (Phi) is 8.40. The minimum Gasteiger partial charge on any atom is -0.325 e. The van der Waals surface area contributed by atoms with Gasteiger partial charge in [0.15, 0.2) is 0 Å². The molecule has 0 atom stereocenters. The van der Waals surface area contributed by atoms with E-state index in [0.29, 0.717) is 12.2 Å². The van der Waals surface area contributed by atoms with E-state index in [2.05, 4.69) is 15.4 Å². The highest BCUT2D eigenvalue weighted by atomic mass is 35.5. The number of hydrogen-bond acceptors (Lipinski definition) is 4. The van der Waals surface area contributed by atoms with Gasteiger partial charge < -0.3 is 10.6 Å². The van der Waals surface area contributed by atoms with Crippen molar-refractivity contribution in [3.63, 3.8) is 0 Å². The molecule has 0 unspecified atom stereocenters. The molecule has 0 aliphatic rings. The number of benzene rings is 1. The number of para-hydroxylation sites is 1. The second-order valence-corrected chi connectivity index (χ2v) is 5.88. The molecular weight excluding hydrogens is 302 g/mol. The van der Waals surface area contributed by atoms with E-state index in [-0.39, 0.29) is 12.4 Å². The first kappa shape index (κ1) is 18.9. The largest absolute Gasteiger partial charge is 0.325 e. The van der Waals surface area contributed by atoms with Gasteiger partial charge in [-0.25, -0.2) is 13.1 Å². The van der Waals surface area contributed by atoms with Gasteiger partial charge in [-0.15, -0.1) is 12.4 Å². The van der Waals surface area contributed by atoms with E-state index in [9.17, 15) is 13.2 Å². The Morgan fingerprint density at radius 2 is 1.90 bits per heavy atom. The van der Waals surface area contributed by atoms with Crippen molar-refractivity contribution in [3.8, 4) is 0 Å². The van der Waals surface area contributed by atoms with Crippen molar-refractivity contribution in [1.29, 1.82) is 0 Å². The van der Waals surface area contributed by atoms with E-state index in [1.807, 2.05) is 19.1 Å². The average Bonchev–Trinajstić information content (AvgIpc) is 2.37. The van der Waals surface area contributed by atoms with Crippen LogP contribution in [0.4, 0.5) is 5.69 Å². The summed E-state index contributed by atoms with van der Waals surface area (Å²) in [5, 5.41) is 5.77. The molecule has 6 nitrogen and oxygen atoms in total. The smallest absolute Gasteiger partial charge is 0.241 e. The summed E-state index contributed by atoms with van der Waals surface area (Å²) in [7, 11) is -2.27. The summed E-state index contributed by atoms with van der Waals surface area (Å²) in [6.45, 7) is 3.42. The molecule has 8 heteroatoms. The quantitative estimate of drug-likeness (QED) is 0.690. The van der Waals surface area contributed by atoms with Gasteiger partial charge in [0.25, 0.3) is 0 Å². The van der Waals surface area contributed by atoms with Crippen molar-refractivity contribution in [2.24, 2.45) is 0 Å². The maximum atomic E-state index is 11.7. The summed E-state index contributed by atoms with van der Waals surface area (Å²) < 4.78 is 24.7. The summed E-state index contributed by atoms with van der Waals surface area (Å²) in [6, 6.07) is 7.28. The number of carbonyl (C=O) groups is 1. The van der Waals surface area contributed by atoms with Crippen LogP contribution in [0.3, 0.4) is 0 Å². The lowest BCUT2D eigenvalue weighted by atomic mass is 10.1. The van der Waals surface area contributed by atoms with Gasteiger partial charge in [0.1, 0.15) is 5.75 Å². The zero-order valence-electron chi connectivity index (χ0n) is 11.5. The van der Waals surface area contributed by atoms with Crippen molar-refractivity contribution in [3.05, 3.63) is 29.8 Å². The molecule has 3 N–H and O–H groups in total. The Labute approximate surface area is 125 Å². The lowest BCUT2D eigenvalue weighted by Crippen LogP contribution is -2.30. The number of sulfonamides is 1. The van der Waals surface area contributed by atoms with E-state index in [1.54, 1.807) is 12.1 Å². The van der Waals surface area contributed by atoms with Crippen LogP contribution in [0.2, 0.25) is 0 Å². The third kappa shape index (κ3) is 6.33. The highest BCUT2D eigenvalue weighted by Crippen LogP contribution is 2.14. The maximum absolute atomic E-state index is 11.7. The maximum Gasteiger partial charge on any atom is 0.241 e. The highest BCUT2D eigenvalue weighted by molar-refractivity contribution is 7.90. The molecule has 1 aromatic rings. The van der Waals surface area contributed by atoms with Gasteiger partial charge >= 0.3 is 0 Å². The zero-order chi connectivity index (χ0) is 14.3. The molecule has 1 rings (SSSR count). The molecule has 0 spiro atoms. The summed E-state index contributed by atoms with van der Waals surface area (Å²) in [4.78, 5) is 11.7. The fourth-order valence-electron chi connectivity index (χ4n) is 1.49. The van der Waals surface area contributed by atoms with Crippen LogP contribution >= 0.6 is 12.4 Å². The number of carbonyl (C=O) groups excluding carboxylic acids is 1. The number of anilines is 1. The highest BCUT2D eigenvalue weighted by Gasteiger charge is 2.15. The number of halogens is 1. The fourth-order valence-corrected chi connectivity index (χ4v) is 2.05. The standard InChI is InChI=1S/C12H19N3O3S.ClH/c1-3-14-8-10-6-4-5-7-11(10)15-12(16)9-19(17,18)13-2;/h4-7,13-14H,3,8-9H2,1-2H3,(H,15,16);1H. The first-order chi connectivity index (χ1) is 8.98. The molecule has 20 heavy (non-hydrogen) atoms. The van der Waals surface area contributed by atoms with Crippen molar-refractivity contribution in [1.82, 2.24) is 10.0 Å². The van der Waals surface area contributed by atoms with E-state index >= 15 is 0 Å². The van der Waals surface area contributed by atoms with Crippen LogP contribution in [0.5, 0.6) is 0 Å². The molecule has 114 valence electrons. The molecular formula is C12H20ClN3O3S. The average molecular weight is 322 g/mol. The molecule has 1 amide bonds. The van der Waals surface area contributed by atoms with Crippen molar-refractivity contribution in [2.75, 3.05) is 24.7 Å². The van der Waals surface area contributed by atoms with Crippen LogP contribution in [-0.2, 0) is 21.4 Å². The minimum absolute atomic E-state index is 0. The van der Waals surface area contributed by atoms with Crippen molar-refractivity contribution in [2.45, 2.75) is 13.5 Å². The molecule has 0 aromatic heterocycles. The lowest BCUT2D eigenvalue weighted by Gasteiger charge is -2.11. The van der Waals surface area contributed by atoms with Crippen molar-refractivity contribution >= 4 is 34.0 Å². The summed E-state index contributed by atoms with van der Waals surface area (Å²) in [5.74, 6) is -1.14. The van der Waals surface area contributed by atoms with Gasteiger partial charge in [-0.3, -0.25) is 4.79 Å². The molecule has 0 radical (unpaired) electrons. The molecule has 0 saturated heterocycles. The Morgan fingerprint density at radius 1 is 1.25 bits per heavy atom. The first-order valence-corrected chi connectivity index (χ1v) is 7.63. The molecule has 1 aromatic carbocycles. The SMILES string of the molecule is CCNCc1ccccc1NC(=O)CS(=O)(=O)NC.Cl. The topological polar surface area (TPSA) is 87.3 Å². The predicted molar refractivity (Wildman–Crippen MR) is 82.5 cm³/mol. The van der Waals surface area contributed by atoms with Crippen LogP contribution in [0.25, 0.3) is 0 Å². The molecule has 0 saturated carbocycles. The van der Waals surface area contributed by atoms with Gasteiger partial charge in [-0.2, -0.15) is 0 Å². The predicted octanol–water partition coefficient (Wildman–Crippen LogP) is 0.706. The molecule has 0 fully saturated rings. The minimum atomic E-state index is -3.55. The van der Waals surface area contributed by atoms with E-state index < -0.39 is 21.7 Å². The third-order valence-corrected chi connectivity index (χ3v) is 3.75. The van der Waals surface area contributed by atoms with Gasteiger partial charge in [-0.05, 0) is 25.2 Å². The van der Waals surface area contributed by atoms with Crippen LogP contribution in [0.15, 0.2) is 24.3 Å². The van der Waals surface area contributed by atoms with Gasteiger partial charge in [0, 0.05) is 12.2 Å². The molecule has 0 aliphatic heterocycles. The summed E-state index contributed by atoms with van der Waals surface area (Å²) >= 11 is 0. The first-order valence-electron chi connectivity index (χ1n) is 5.98. The Bertz CT molecular complexity index is 535. The van der Waals surface area contributed by atoms with Gasteiger partial charge in [0.2, 0.25) is 15.9 Å². The molecule has 0 bridgehead atoms. The van der Waals surface area contributed by atoms with E-state index in [0.717, 1.165) is 12.1 Å². The monoisotopic (exact) mass is 321 g/mol. The Morgan fingerprint density at radius 3 is 2.50 bits per heavy atom. The zero-order valence-corrected chi connectivity index (χ0v) is 13.1. The third-order valence-electron chi connectivity index (χ3n) is 2.49. The lowest BCUT2D eigenvalue weighted by molar-refractivity contribution is -0.113. The summed E-state index contributed by atoms with van der Waals surface area (Å²) in [6.07, 6.45) is 0. The number of hydrogen-bond donors (Lipinski definition) is 3. The van der Waals surface area contributed by atoms with E-state index in [1.165, 1.54) is 7.05 Å². The molecule has 0 heterocycles. The van der Waals surface area contributed by atoms with Crippen LogP contribution < -0.4 is 15.4 Å². The van der Waals surface area contributed by atoms with Gasteiger partial charge in [0.05, 0.1) is 0 Å². The Hall–Kier alpha value is -1.15. The van der Waals surface area contributed by atoms with Gasteiger partial charge in [-0.1, -0.05) is 25.1 Å². The van der Waals surface area contributed by atoms with E-state index in [4.69, 9.17) is 0 Å². The fraction of sp³-hybridized carbons (Fsp3) is 0.417.